The molecule has 1 aromatic heterocycles. The zero-order valence-corrected chi connectivity index (χ0v) is 8.20. The minimum Gasteiger partial charge on any atom is -0.361 e. The molecule has 2 rings (SSSR count). The van der Waals surface area contributed by atoms with Crippen LogP contribution in [0.25, 0.3) is 17.0 Å². The average Bonchev–Trinajstić information content (AvgIpc) is 2.69. The molecule has 0 atom stereocenters. The van der Waals surface area contributed by atoms with E-state index in [1.807, 2.05) is 42.0 Å². The molecular weight excluding hydrogens is 188 g/mol. The van der Waals surface area contributed by atoms with E-state index in [-0.39, 0.29) is 0 Å². The topological polar surface area (TPSA) is 48.0 Å². The molecule has 1 aromatic carbocycles. The highest BCUT2D eigenvalue weighted by Gasteiger charge is 1.98. The second kappa shape index (κ2) is 4.02. The number of hydrogen-bond acceptors (Lipinski definition) is 2. The van der Waals surface area contributed by atoms with Crippen LogP contribution in [0.4, 0.5) is 0 Å². The number of allylic oxidation sites excluding steroid dienone is 1. The first-order valence-electron chi connectivity index (χ1n) is 4.64. The number of para-hydroxylation sites is 1. The predicted octanol–water partition coefficient (Wildman–Crippen LogP) is 2.67. The maximum Gasteiger partial charge on any atom is 0.0530 e. The van der Waals surface area contributed by atoms with Gasteiger partial charge in [-0.1, -0.05) is 30.9 Å². The lowest BCUT2D eigenvalue weighted by atomic mass is 10.1. The zero-order valence-electron chi connectivity index (χ0n) is 8.20. The highest BCUT2D eigenvalue weighted by atomic mass is 16.5. The summed E-state index contributed by atoms with van der Waals surface area (Å²) in [5, 5.41) is 9.72. The van der Waals surface area contributed by atoms with Crippen LogP contribution in [0.3, 0.4) is 0 Å². The highest BCUT2D eigenvalue weighted by molar-refractivity contribution is 5.88. The van der Waals surface area contributed by atoms with Gasteiger partial charge in [-0.05, 0) is 17.7 Å². The molecule has 3 N–H and O–H groups in total. The number of rotatable bonds is 3. The first-order chi connectivity index (χ1) is 7.31. The van der Waals surface area contributed by atoms with Gasteiger partial charge in [0.05, 0.1) is 5.70 Å². The monoisotopic (exact) mass is 200 g/mol. The van der Waals surface area contributed by atoms with Gasteiger partial charge in [-0.2, -0.15) is 0 Å². The smallest absolute Gasteiger partial charge is 0.0530 e. The molecule has 0 aliphatic carbocycles. The van der Waals surface area contributed by atoms with Crippen LogP contribution in [0.1, 0.15) is 5.56 Å². The van der Waals surface area contributed by atoms with E-state index in [1.54, 1.807) is 6.08 Å². The SMILES string of the molecule is C=C(C=Cc1c[nH]c2ccccc12)NO. The molecule has 76 valence electrons. The third-order valence-corrected chi connectivity index (χ3v) is 2.23. The molecule has 3 nitrogen and oxygen atoms in total. The van der Waals surface area contributed by atoms with Gasteiger partial charge in [0.1, 0.15) is 0 Å². The van der Waals surface area contributed by atoms with Crippen molar-refractivity contribution >= 4 is 17.0 Å². The Hall–Kier alpha value is -2.00. The molecular formula is C12H12N2O. The van der Waals surface area contributed by atoms with E-state index >= 15 is 0 Å². The molecule has 0 bridgehead atoms. The first kappa shape index (κ1) is 9.55. The number of hydrogen-bond donors (Lipinski definition) is 3. The minimum absolute atomic E-state index is 0.459. The summed E-state index contributed by atoms with van der Waals surface area (Å²) in [6.07, 6.45) is 5.53. The number of aromatic amines is 1. The summed E-state index contributed by atoms with van der Waals surface area (Å²) in [6, 6.07) is 8.04. The summed E-state index contributed by atoms with van der Waals surface area (Å²) in [6.45, 7) is 3.59. The van der Waals surface area contributed by atoms with Crippen molar-refractivity contribution in [3.05, 3.63) is 54.4 Å². The van der Waals surface area contributed by atoms with Crippen molar-refractivity contribution < 1.29 is 5.21 Å². The molecule has 0 radical (unpaired) electrons. The second-order valence-electron chi connectivity index (χ2n) is 3.26. The van der Waals surface area contributed by atoms with Crippen molar-refractivity contribution in [3.8, 4) is 0 Å². The van der Waals surface area contributed by atoms with Crippen LogP contribution in [0.2, 0.25) is 0 Å². The predicted molar refractivity (Wildman–Crippen MR) is 61.4 cm³/mol. The van der Waals surface area contributed by atoms with E-state index in [4.69, 9.17) is 5.21 Å². The Kier molecular flexibility index (Phi) is 2.56. The lowest BCUT2D eigenvalue weighted by Crippen LogP contribution is -2.01. The van der Waals surface area contributed by atoms with Crippen molar-refractivity contribution in [2.75, 3.05) is 0 Å². The highest BCUT2D eigenvalue weighted by Crippen LogP contribution is 2.18. The molecule has 0 aliphatic rings. The molecule has 0 fully saturated rings. The third-order valence-electron chi connectivity index (χ3n) is 2.23. The van der Waals surface area contributed by atoms with Crippen LogP contribution < -0.4 is 5.48 Å². The van der Waals surface area contributed by atoms with Gasteiger partial charge in [0.2, 0.25) is 0 Å². The Labute approximate surface area is 87.7 Å². The van der Waals surface area contributed by atoms with Gasteiger partial charge in [-0.15, -0.1) is 0 Å². The van der Waals surface area contributed by atoms with Crippen molar-refractivity contribution in [2.24, 2.45) is 0 Å². The second-order valence-corrected chi connectivity index (χ2v) is 3.26. The first-order valence-corrected chi connectivity index (χ1v) is 4.64. The lowest BCUT2D eigenvalue weighted by Gasteiger charge is -1.94. The normalized spacial score (nSPS) is 11.0. The van der Waals surface area contributed by atoms with Crippen LogP contribution in [-0.2, 0) is 0 Å². The van der Waals surface area contributed by atoms with Gasteiger partial charge >= 0.3 is 0 Å². The molecule has 0 saturated heterocycles. The molecule has 1 heterocycles. The van der Waals surface area contributed by atoms with E-state index in [0.717, 1.165) is 16.5 Å². The van der Waals surface area contributed by atoms with E-state index in [2.05, 4.69) is 11.6 Å². The molecule has 0 amide bonds. The lowest BCUT2D eigenvalue weighted by molar-refractivity contribution is 0.205. The van der Waals surface area contributed by atoms with E-state index in [1.165, 1.54) is 0 Å². The quantitative estimate of drug-likeness (QED) is 0.527. The van der Waals surface area contributed by atoms with E-state index < -0.39 is 0 Å². The molecule has 0 saturated carbocycles. The van der Waals surface area contributed by atoms with Crippen LogP contribution >= 0.6 is 0 Å². The molecule has 3 heteroatoms. The van der Waals surface area contributed by atoms with Crippen LogP contribution in [0.15, 0.2) is 48.8 Å². The standard InChI is InChI=1S/C12H12N2O/c1-9(14-15)6-7-10-8-13-12-5-3-2-4-11(10)12/h2-8,13-15H,1H2. The van der Waals surface area contributed by atoms with Gasteiger partial charge in [0.25, 0.3) is 0 Å². The molecule has 2 aromatic rings. The van der Waals surface area contributed by atoms with Crippen molar-refractivity contribution in [2.45, 2.75) is 0 Å². The number of H-pyrrole nitrogens is 1. The number of nitrogens with one attached hydrogen (secondary N) is 2. The van der Waals surface area contributed by atoms with Gasteiger partial charge in [-0.25, -0.2) is 0 Å². The van der Waals surface area contributed by atoms with Crippen molar-refractivity contribution in [3.63, 3.8) is 0 Å². The maximum atomic E-state index is 8.57. The molecule has 0 spiro atoms. The summed E-state index contributed by atoms with van der Waals surface area (Å²) >= 11 is 0. The fraction of sp³-hybridized carbons (Fsp3) is 0. The summed E-state index contributed by atoms with van der Waals surface area (Å²) in [4.78, 5) is 3.17. The van der Waals surface area contributed by atoms with E-state index in [0.29, 0.717) is 5.70 Å². The fourth-order valence-electron chi connectivity index (χ4n) is 1.46. The Bertz CT molecular complexity index is 511. The Balaban J connectivity index is 2.36. The largest absolute Gasteiger partial charge is 0.361 e. The number of benzene rings is 1. The Morgan fingerprint density at radius 1 is 1.40 bits per heavy atom. The van der Waals surface area contributed by atoms with E-state index in [9.17, 15) is 0 Å². The Morgan fingerprint density at radius 3 is 3.00 bits per heavy atom. The maximum absolute atomic E-state index is 8.57. The summed E-state index contributed by atoms with van der Waals surface area (Å²) < 4.78 is 0. The van der Waals surface area contributed by atoms with Gasteiger partial charge in [0.15, 0.2) is 0 Å². The molecule has 0 aliphatic heterocycles. The summed E-state index contributed by atoms with van der Waals surface area (Å²) in [5.41, 5.74) is 4.61. The number of hydroxylamine groups is 1. The zero-order chi connectivity index (χ0) is 10.7. The minimum atomic E-state index is 0.459. The van der Waals surface area contributed by atoms with Crippen LogP contribution in [0, 0.1) is 0 Å². The van der Waals surface area contributed by atoms with Gasteiger partial charge in [0, 0.05) is 17.1 Å². The van der Waals surface area contributed by atoms with Crippen molar-refractivity contribution in [1.82, 2.24) is 10.5 Å². The molecule has 15 heavy (non-hydrogen) atoms. The molecule has 0 unspecified atom stereocenters. The summed E-state index contributed by atoms with van der Waals surface area (Å²) in [5.74, 6) is 0. The Morgan fingerprint density at radius 2 is 2.20 bits per heavy atom. The van der Waals surface area contributed by atoms with Crippen LogP contribution in [-0.4, -0.2) is 10.2 Å². The third kappa shape index (κ3) is 1.92. The van der Waals surface area contributed by atoms with Crippen molar-refractivity contribution in [1.29, 1.82) is 0 Å². The van der Waals surface area contributed by atoms with Crippen LogP contribution in [0.5, 0.6) is 0 Å². The summed E-state index contributed by atoms with van der Waals surface area (Å²) in [7, 11) is 0. The van der Waals surface area contributed by atoms with Gasteiger partial charge in [-0.3, -0.25) is 10.7 Å². The number of fused-ring (bicyclic) bond motifs is 1. The van der Waals surface area contributed by atoms with Gasteiger partial charge < -0.3 is 4.98 Å². The number of aromatic nitrogens is 1. The fourth-order valence-corrected chi connectivity index (χ4v) is 1.46. The average molecular weight is 200 g/mol.